The Morgan fingerprint density at radius 1 is 0.341 bits per heavy atom. The topological polar surface area (TPSA) is 6.48 Å². The fourth-order valence-electron chi connectivity index (χ4n) is 5.24. The van der Waals surface area contributed by atoms with Gasteiger partial charge >= 0.3 is 0 Å². The molecule has 0 aliphatic heterocycles. The van der Waals surface area contributed by atoms with E-state index in [1.54, 1.807) is 0 Å². The van der Waals surface area contributed by atoms with Crippen molar-refractivity contribution in [2.24, 2.45) is 0 Å². The Bertz CT molecular complexity index is 1720. The minimum Gasteiger partial charge on any atom is -0.310 e. The molecule has 0 heterocycles. The highest BCUT2D eigenvalue weighted by atomic mass is 15.2. The van der Waals surface area contributed by atoms with Gasteiger partial charge in [0.2, 0.25) is 0 Å². The van der Waals surface area contributed by atoms with E-state index in [4.69, 9.17) is 0 Å². The zero-order chi connectivity index (χ0) is 28.2. The molecule has 0 aromatic heterocycles. The smallest absolute Gasteiger partial charge is 0.0541 e. The Labute approximate surface area is 243 Å². The summed E-state index contributed by atoms with van der Waals surface area (Å²) in [4.78, 5) is 4.69. The quantitative estimate of drug-likeness (QED) is 0.202. The molecule has 0 spiro atoms. The van der Waals surface area contributed by atoms with Gasteiger partial charge in [0.1, 0.15) is 0 Å². The number of para-hydroxylation sites is 2. The predicted octanol–water partition coefficient (Wildman–Crippen LogP) is 11.2. The summed E-state index contributed by atoms with van der Waals surface area (Å²) < 4.78 is 0. The maximum atomic E-state index is 2.36. The van der Waals surface area contributed by atoms with E-state index < -0.39 is 0 Å². The number of aryl methyl sites for hydroxylation is 3. The molecule has 0 saturated carbocycles. The third-order valence-corrected chi connectivity index (χ3v) is 7.45. The van der Waals surface area contributed by atoms with Crippen molar-refractivity contribution in [3.8, 4) is 11.1 Å². The second-order valence-corrected chi connectivity index (χ2v) is 10.6. The third kappa shape index (κ3) is 5.64. The fourth-order valence-corrected chi connectivity index (χ4v) is 5.24. The lowest BCUT2D eigenvalue weighted by Gasteiger charge is -2.30. The van der Waals surface area contributed by atoms with E-state index in [0.29, 0.717) is 0 Å². The van der Waals surface area contributed by atoms with Crippen LogP contribution in [0.1, 0.15) is 16.7 Å². The molecule has 0 aliphatic rings. The van der Waals surface area contributed by atoms with Gasteiger partial charge in [-0.05, 0) is 93.1 Å². The van der Waals surface area contributed by atoms with Crippen LogP contribution in [0.15, 0.2) is 152 Å². The predicted molar refractivity (Wildman–Crippen MR) is 175 cm³/mol. The summed E-state index contributed by atoms with van der Waals surface area (Å²) in [5, 5.41) is 0. The van der Waals surface area contributed by atoms with E-state index in [-0.39, 0.29) is 0 Å². The molecule has 0 bridgehead atoms. The van der Waals surface area contributed by atoms with E-state index in [0.717, 1.165) is 34.1 Å². The van der Waals surface area contributed by atoms with E-state index in [9.17, 15) is 0 Å². The van der Waals surface area contributed by atoms with Gasteiger partial charge in [-0.25, -0.2) is 0 Å². The molecule has 200 valence electrons. The first-order valence-electron chi connectivity index (χ1n) is 14.1. The van der Waals surface area contributed by atoms with E-state index in [1.165, 1.54) is 27.8 Å². The summed E-state index contributed by atoms with van der Waals surface area (Å²) in [5.74, 6) is 0. The number of hydrogen-bond acceptors (Lipinski definition) is 2. The number of nitrogens with zero attached hydrogens (tertiary/aromatic N) is 2. The Morgan fingerprint density at radius 2 is 0.732 bits per heavy atom. The van der Waals surface area contributed by atoms with Gasteiger partial charge in [0.25, 0.3) is 0 Å². The summed E-state index contributed by atoms with van der Waals surface area (Å²) in [6, 6.07) is 54.4. The molecular weight excluding hydrogens is 496 g/mol. The monoisotopic (exact) mass is 530 g/mol. The average molecular weight is 531 g/mol. The number of anilines is 6. The van der Waals surface area contributed by atoms with Crippen molar-refractivity contribution < 1.29 is 0 Å². The summed E-state index contributed by atoms with van der Waals surface area (Å²) in [6.07, 6.45) is 0. The van der Waals surface area contributed by atoms with Crippen molar-refractivity contribution >= 4 is 34.1 Å². The van der Waals surface area contributed by atoms with Gasteiger partial charge < -0.3 is 9.80 Å². The number of hydrogen-bond donors (Lipinski definition) is 0. The Kier molecular flexibility index (Phi) is 7.38. The zero-order valence-electron chi connectivity index (χ0n) is 23.8. The first-order chi connectivity index (χ1) is 20.1. The Balaban J connectivity index is 1.59. The SMILES string of the molecule is Cc1ccc(-c2cc(N(c3ccccc3)c3ccc(C)cc3)ccc2N(c2ccccc2)c2ccc(C)cc2)cc1. The third-order valence-electron chi connectivity index (χ3n) is 7.45. The average Bonchev–Trinajstić information content (AvgIpc) is 3.01. The summed E-state index contributed by atoms with van der Waals surface area (Å²) in [7, 11) is 0. The molecule has 0 unspecified atom stereocenters. The minimum atomic E-state index is 1.11. The minimum absolute atomic E-state index is 1.11. The van der Waals surface area contributed by atoms with Crippen LogP contribution in [-0.4, -0.2) is 0 Å². The van der Waals surface area contributed by atoms with Crippen LogP contribution >= 0.6 is 0 Å². The first-order valence-corrected chi connectivity index (χ1v) is 14.1. The standard InChI is InChI=1S/C39H34N2/c1-29-14-20-32(21-15-29)38-28-37(40(33-10-6-4-7-11-33)35-22-16-30(2)17-23-35)26-27-39(38)41(34-12-8-5-9-13-34)36-24-18-31(3)19-25-36/h4-28H,1-3H3. The zero-order valence-corrected chi connectivity index (χ0v) is 23.8. The van der Waals surface area contributed by atoms with Crippen molar-refractivity contribution in [3.63, 3.8) is 0 Å². The molecule has 2 nitrogen and oxygen atoms in total. The lowest BCUT2D eigenvalue weighted by Crippen LogP contribution is -2.13. The highest BCUT2D eigenvalue weighted by Crippen LogP contribution is 2.44. The Morgan fingerprint density at radius 3 is 1.24 bits per heavy atom. The number of benzene rings is 6. The van der Waals surface area contributed by atoms with Crippen LogP contribution in [0.5, 0.6) is 0 Å². The lowest BCUT2D eigenvalue weighted by atomic mass is 9.99. The van der Waals surface area contributed by atoms with Crippen molar-refractivity contribution in [1.82, 2.24) is 0 Å². The first kappa shape index (κ1) is 26.2. The molecule has 0 saturated heterocycles. The maximum Gasteiger partial charge on any atom is 0.0541 e. The largest absolute Gasteiger partial charge is 0.310 e. The molecule has 6 aromatic rings. The van der Waals surface area contributed by atoms with Gasteiger partial charge in [-0.2, -0.15) is 0 Å². The van der Waals surface area contributed by atoms with Crippen LogP contribution in [0.2, 0.25) is 0 Å². The molecule has 2 heteroatoms. The Hall–Kier alpha value is -5.08. The van der Waals surface area contributed by atoms with Gasteiger partial charge in [-0.1, -0.05) is 102 Å². The van der Waals surface area contributed by atoms with E-state index in [2.05, 4.69) is 182 Å². The normalized spacial score (nSPS) is 10.8. The second-order valence-electron chi connectivity index (χ2n) is 10.6. The van der Waals surface area contributed by atoms with Gasteiger partial charge in [-0.3, -0.25) is 0 Å². The molecule has 41 heavy (non-hydrogen) atoms. The van der Waals surface area contributed by atoms with Crippen LogP contribution in [0.25, 0.3) is 11.1 Å². The molecule has 0 fully saturated rings. The van der Waals surface area contributed by atoms with Crippen LogP contribution in [0, 0.1) is 20.8 Å². The van der Waals surface area contributed by atoms with E-state index >= 15 is 0 Å². The summed E-state index contributed by atoms with van der Waals surface area (Å²) in [6.45, 7) is 6.40. The summed E-state index contributed by atoms with van der Waals surface area (Å²) >= 11 is 0. The summed E-state index contributed by atoms with van der Waals surface area (Å²) in [5.41, 5.74) is 12.8. The van der Waals surface area contributed by atoms with Crippen LogP contribution in [0.3, 0.4) is 0 Å². The molecule has 0 atom stereocenters. The van der Waals surface area contributed by atoms with Gasteiger partial charge in [0.15, 0.2) is 0 Å². The molecule has 6 aromatic carbocycles. The molecule has 0 aliphatic carbocycles. The highest BCUT2D eigenvalue weighted by Gasteiger charge is 2.20. The highest BCUT2D eigenvalue weighted by molar-refractivity contribution is 5.91. The lowest BCUT2D eigenvalue weighted by molar-refractivity contribution is 1.25. The van der Waals surface area contributed by atoms with E-state index in [1.807, 2.05) is 0 Å². The van der Waals surface area contributed by atoms with Crippen molar-refractivity contribution in [2.45, 2.75) is 20.8 Å². The maximum absolute atomic E-state index is 2.36. The van der Waals surface area contributed by atoms with Gasteiger partial charge in [0.05, 0.1) is 5.69 Å². The van der Waals surface area contributed by atoms with Crippen LogP contribution in [-0.2, 0) is 0 Å². The van der Waals surface area contributed by atoms with Gasteiger partial charge in [-0.15, -0.1) is 0 Å². The number of rotatable bonds is 7. The molecule has 0 N–H and O–H groups in total. The van der Waals surface area contributed by atoms with Crippen molar-refractivity contribution in [3.05, 3.63) is 168 Å². The van der Waals surface area contributed by atoms with Crippen molar-refractivity contribution in [1.29, 1.82) is 0 Å². The van der Waals surface area contributed by atoms with Gasteiger partial charge in [0, 0.05) is 34.0 Å². The van der Waals surface area contributed by atoms with Crippen molar-refractivity contribution in [2.75, 3.05) is 9.80 Å². The molecule has 6 rings (SSSR count). The molecular formula is C39H34N2. The van der Waals surface area contributed by atoms with Crippen LogP contribution in [0.4, 0.5) is 34.1 Å². The second kappa shape index (κ2) is 11.6. The van der Waals surface area contributed by atoms with Crippen LogP contribution < -0.4 is 9.80 Å². The fraction of sp³-hybridized carbons (Fsp3) is 0.0769. The molecule has 0 amide bonds. The molecule has 0 radical (unpaired) electrons.